The molecule has 0 saturated heterocycles. The Labute approximate surface area is 273 Å². The van der Waals surface area contributed by atoms with Crippen LogP contribution in [0.1, 0.15) is 0 Å². The highest BCUT2D eigenvalue weighted by Gasteiger charge is 2.19. The molecule has 2 aromatic heterocycles. The molecule has 0 spiro atoms. The van der Waals surface area contributed by atoms with Crippen molar-refractivity contribution in [1.29, 1.82) is 0 Å². The van der Waals surface area contributed by atoms with E-state index in [0.717, 1.165) is 61.1 Å². The largest absolute Gasteiger partial charge is 0.455 e. The number of nitrogens with zero attached hydrogens (tertiary/aromatic N) is 2. The summed E-state index contributed by atoms with van der Waals surface area (Å²) >= 11 is 0. The Morgan fingerprint density at radius 2 is 0.851 bits per heavy atom. The molecule has 3 nitrogen and oxygen atoms in total. The maximum absolute atomic E-state index is 6.80. The first-order valence-corrected chi connectivity index (χ1v) is 15.8. The molecule has 0 aliphatic rings. The maximum atomic E-state index is 6.80. The molecule has 0 aliphatic heterocycles. The van der Waals surface area contributed by atoms with Gasteiger partial charge in [-0.2, -0.15) is 0 Å². The summed E-state index contributed by atoms with van der Waals surface area (Å²) in [5, 5.41) is 2.07. The number of hydrogen-bond acceptors (Lipinski definition) is 3. The van der Waals surface area contributed by atoms with Crippen LogP contribution >= 0.6 is 0 Å². The van der Waals surface area contributed by atoms with Crippen molar-refractivity contribution in [2.75, 3.05) is 0 Å². The van der Waals surface area contributed by atoms with Crippen molar-refractivity contribution in [3.05, 3.63) is 182 Å². The van der Waals surface area contributed by atoms with Crippen LogP contribution in [0, 0.1) is 0 Å². The maximum Gasteiger partial charge on any atom is 0.160 e. The molecule has 0 aliphatic carbocycles. The molecule has 47 heavy (non-hydrogen) atoms. The van der Waals surface area contributed by atoms with Gasteiger partial charge >= 0.3 is 0 Å². The monoisotopic (exact) mass is 602 g/mol. The standard InChI is InChI=1S/C44H30N2O/c1-2-4-15-23-41-38(22-14-3-1)42-36(33-26-24-32(25-27-33)31-16-8-5-9-17-31)28-29-37(43(42)47-41)40-30-39(34-18-10-6-11-19-34)45-44(46-40)35-20-12-7-13-21-35/h1-30H. The van der Waals surface area contributed by atoms with E-state index < -0.39 is 0 Å². The minimum absolute atomic E-state index is 0.670. The first-order chi connectivity index (χ1) is 23.3. The van der Waals surface area contributed by atoms with Crippen molar-refractivity contribution >= 4 is 21.9 Å². The Morgan fingerprint density at radius 3 is 1.55 bits per heavy atom. The Morgan fingerprint density at radius 1 is 0.362 bits per heavy atom. The summed E-state index contributed by atoms with van der Waals surface area (Å²) < 4.78 is 6.80. The fourth-order valence-electron chi connectivity index (χ4n) is 6.06. The van der Waals surface area contributed by atoms with E-state index in [1.54, 1.807) is 0 Å². The minimum Gasteiger partial charge on any atom is -0.455 e. The zero-order valence-corrected chi connectivity index (χ0v) is 25.6. The lowest BCUT2D eigenvalue weighted by Crippen LogP contribution is -1.96. The molecule has 0 amide bonds. The van der Waals surface area contributed by atoms with Crippen molar-refractivity contribution in [2.24, 2.45) is 0 Å². The number of rotatable bonds is 5. The predicted molar refractivity (Wildman–Crippen MR) is 194 cm³/mol. The van der Waals surface area contributed by atoms with Crippen molar-refractivity contribution < 1.29 is 4.42 Å². The highest BCUT2D eigenvalue weighted by molar-refractivity contribution is 6.16. The fourth-order valence-corrected chi connectivity index (χ4v) is 6.06. The average molecular weight is 603 g/mol. The highest BCUT2D eigenvalue weighted by Crippen LogP contribution is 2.42. The summed E-state index contributed by atoms with van der Waals surface area (Å²) in [7, 11) is 0. The molecule has 0 atom stereocenters. The summed E-state index contributed by atoms with van der Waals surface area (Å²) in [5.74, 6) is 0.670. The molecule has 8 rings (SSSR count). The zero-order valence-electron chi connectivity index (χ0n) is 25.6. The normalized spacial score (nSPS) is 11.0. The number of furan rings is 1. The third-order valence-corrected chi connectivity index (χ3v) is 8.38. The lowest BCUT2D eigenvalue weighted by Gasteiger charge is -2.12. The Balaban J connectivity index is 1.39. The molecule has 6 aromatic carbocycles. The van der Waals surface area contributed by atoms with E-state index in [-0.39, 0.29) is 0 Å². The van der Waals surface area contributed by atoms with E-state index >= 15 is 0 Å². The van der Waals surface area contributed by atoms with Crippen LogP contribution in [-0.4, -0.2) is 9.97 Å². The number of benzene rings is 5. The van der Waals surface area contributed by atoms with Gasteiger partial charge in [0, 0.05) is 27.5 Å². The van der Waals surface area contributed by atoms with E-state index in [1.807, 2.05) is 91.0 Å². The molecule has 0 unspecified atom stereocenters. The van der Waals surface area contributed by atoms with Crippen molar-refractivity contribution in [3.8, 4) is 56.2 Å². The van der Waals surface area contributed by atoms with E-state index in [0.29, 0.717) is 5.82 Å². The zero-order chi connectivity index (χ0) is 31.4. The molecule has 3 heteroatoms. The second-order valence-electron chi connectivity index (χ2n) is 11.4. The van der Waals surface area contributed by atoms with Crippen LogP contribution in [0.2, 0.25) is 0 Å². The lowest BCUT2D eigenvalue weighted by molar-refractivity contribution is 0.670. The van der Waals surface area contributed by atoms with Crippen LogP contribution in [0.3, 0.4) is 0 Å². The van der Waals surface area contributed by atoms with Crippen molar-refractivity contribution in [1.82, 2.24) is 9.97 Å². The van der Waals surface area contributed by atoms with E-state index in [1.165, 1.54) is 11.1 Å². The molecule has 8 aromatic rings. The molecule has 0 fully saturated rings. The third kappa shape index (κ3) is 5.67. The van der Waals surface area contributed by atoms with Gasteiger partial charge in [-0.15, -0.1) is 0 Å². The van der Waals surface area contributed by atoms with Crippen molar-refractivity contribution in [2.45, 2.75) is 0 Å². The molecule has 2 heterocycles. The Kier molecular flexibility index (Phi) is 7.54. The summed E-state index contributed by atoms with van der Waals surface area (Å²) in [6.45, 7) is 0. The van der Waals surface area contributed by atoms with Gasteiger partial charge in [-0.1, -0.05) is 164 Å². The first-order valence-electron chi connectivity index (χ1n) is 15.8. The molecule has 0 radical (unpaired) electrons. The number of aromatic nitrogens is 2. The van der Waals surface area contributed by atoms with Gasteiger partial charge in [0.15, 0.2) is 5.82 Å². The van der Waals surface area contributed by atoms with Crippen LogP contribution < -0.4 is 0 Å². The summed E-state index contributed by atoms with van der Waals surface area (Å²) in [6, 6.07) is 62.4. The second kappa shape index (κ2) is 12.6. The van der Waals surface area contributed by atoms with Crippen LogP contribution in [0.5, 0.6) is 0 Å². The summed E-state index contributed by atoms with van der Waals surface area (Å²) in [6.07, 6.45) is 0. The second-order valence-corrected chi connectivity index (χ2v) is 11.4. The molecular weight excluding hydrogens is 572 g/mol. The van der Waals surface area contributed by atoms with Gasteiger partial charge in [0.1, 0.15) is 11.2 Å². The molecule has 0 N–H and O–H groups in total. The van der Waals surface area contributed by atoms with Gasteiger partial charge in [-0.25, -0.2) is 9.97 Å². The van der Waals surface area contributed by atoms with E-state index in [4.69, 9.17) is 14.4 Å². The number of fused-ring (bicyclic) bond motifs is 3. The highest BCUT2D eigenvalue weighted by atomic mass is 16.3. The first kappa shape index (κ1) is 28.2. The lowest BCUT2D eigenvalue weighted by atomic mass is 9.94. The molecular formula is C44H30N2O. The van der Waals surface area contributed by atoms with E-state index in [9.17, 15) is 0 Å². The summed E-state index contributed by atoms with van der Waals surface area (Å²) in [5.41, 5.74) is 10.7. The van der Waals surface area contributed by atoms with Gasteiger partial charge < -0.3 is 4.42 Å². The Hall–Kier alpha value is -6.32. The molecule has 0 bridgehead atoms. The fraction of sp³-hybridized carbons (Fsp3) is 0. The van der Waals surface area contributed by atoms with Gasteiger partial charge in [-0.05, 0) is 40.5 Å². The minimum atomic E-state index is 0.670. The van der Waals surface area contributed by atoms with Crippen LogP contribution in [-0.2, 0) is 0 Å². The SMILES string of the molecule is c1ccccc2c(ccc1)oc1c(-c3cc(-c4ccccc4)nc(-c4ccccc4)n3)ccc(-c3ccc(-c4ccccc4)cc3)c12. The predicted octanol–water partition coefficient (Wildman–Crippen LogP) is 11.8. The Bertz CT molecular complexity index is 2320. The van der Waals surface area contributed by atoms with Crippen LogP contribution in [0.15, 0.2) is 186 Å². The van der Waals surface area contributed by atoms with Crippen LogP contribution in [0.4, 0.5) is 0 Å². The average Bonchev–Trinajstić information content (AvgIpc) is 3.52. The quantitative estimate of drug-likeness (QED) is 0.197. The van der Waals surface area contributed by atoms with Gasteiger partial charge in [-0.3, -0.25) is 0 Å². The van der Waals surface area contributed by atoms with Crippen LogP contribution in [0.25, 0.3) is 78.1 Å². The van der Waals surface area contributed by atoms with Gasteiger partial charge in [0.2, 0.25) is 0 Å². The number of hydrogen-bond donors (Lipinski definition) is 0. The smallest absolute Gasteiger partial charge is 0.160 e. The third-order valence-electron chi connectivity index (χ3n) is 8.38. The van der Waals surface area contributed by atoms with Gasteiger partial charge in [0.05, 0.1) is 11.4 Å². The van der Waals surface area contributed by atoms with Crippen molar-refractivity contribution in [3.63, 3.8) is 0 Å². The molecule has 222 valence electrons. The topological polar surface area (TPSA) is 38.9 Å². The molecule has 0 saturated carbocycles. The van der Waals surface area contributed by atoms with E-state index in [2.05, 4.69) is 91.0 Å². The summed E-state index contributed by atoms with van der Waals surface area (Å²) in [4.78, 5) is 10.2. The van der Waals surface area contributed by atoms with Gasteiger partial charge in [0.25, 0.3) is 0 Å².